The van der Waals surface area contributed by atoms with Crippen LogP contribution in [0.15, 0.2) is 40.9 Å². The summed E-state index contributed by atoms with van der Waals surface area (Å²) < 4.78 is 27.1. The predicted molar refractivity (Wildman–Crippen MR) is 81.9 cm³/mol. The third kappa shape index (κ3) is 3.37. The summed E-state index contributed by atoms with van der Waals surface area (Å²) in [6, 6.07) is 10.4. The Labute approximate surface area is 126 Å². The van der Waals surface area contributed by atoms with E-state index < -0.39 is 11.6 Å². The molecule has 20 heavy (non-hydrogen) atoms. The van der Waals surface area contributed by atoms with Crippen molar-refractivity contribution in [2.45, 2.75) is 26.3 Å². The topological polar surface area (TPSA) is 12.0 Å². The van der Waals surface area contributed by atoms with Gasteiger partial charge in [0.15, 0.2) is 0 Å². The molecule has 0 spiro atoms. The minimum Gasteiger partial charge on any atom is -0.376 e. The van der Waals surface area contributed by atoms with E-state index in [2.05, 4.69) is 40.3 Å². The lowest BCUT2D eigenvalue weighted by molar-refractivity contribution is 0.579. The molecule has 0 fully saturated rings. The zero-order chi connectivity index (χ0) is 14.7. The minimum atomic E-state index is -0.604. The molecule has 0 bridgehead atoms. The van der Waals surface area contributed by atoms with Gasteiger partial charge in [-0.25, -0.2) is 8.78 Å². The molecule has 0 aliphatic carbocycles. The first-order chi connectivity index (χ1) is 9.51. The zero-order valence-corrected chi connectivity index (χ0v) is 13.0. The van der Waals surface area contributed by atoms with Gasteiger partial charge in [-0.3, -0.25) is 0 Å². The summed E-state index contributed by atoms with van der Waals surface area (Å²) in [6.07, 6.45) is 0.988. The molecule has 0 heterocycles. The Kier molecular flexibility index (Phi) is 4.76. The van der Waals surface area contributed by atoms with Crippen molar-refractivity contribution >= 4 is 21.6 Å². The van der Waals surface area contributed by atoms with Gasteiger partial charge in [0.1, 0.15) is 11.6 Å². The third-order valence-electron chi connectivity index (χ3n) is 3.27. The van der Waals surface area contributed by atoms with Crippen molar-refractivity contribution in [3.05, 3.63) is 63.6 Å². The maximum absolute atomic E-state index is 13.7. The van der Waals surface area contributed by atoms with Gasteiger partial charge in [-0.2, -0.15) is 0 Å². The molecule has 0 amide bonds. The highest BCUT2D eigenvalue weighted by molar-refractivity contribution is 9.10. The molecule has 1 unspecified atom stereocenters. The van der Waals surface area contributed by atoms with Crippen molar-refractivity contribution in [2.75, 3.05) is 5.32 Å². The molecule has 0 aromatic heterocycles. The van der Waals surface area contributed by atoms with Crippen molar-refractivity contribution in [1.82, 2.24) is 0 Å². The van der Waals surface area contributed by atoms with Gasteiger partial charge in [0.05, 0.1) is 10.2 Å². The summed E-state index contributed by atoms with van der Waals surface area (Å²) in [5.74, 6) is -1.20. The highest BCUT2D eigenvalue weighted by Crippen LogP contribution is 2.27. The molecule has 106 valence electrons. The van der Waals surface area contributed by atoms with Crippen LogP contribution in [0.25, 0.3) is 0 Å². The van der Waals surface area contributed by atoms with E-state index in [1.165, 1.54) is 11.6 Å². The fourth-order valence-corrected chi connectivity index (χ4v) is 2.34. The van der Waals surface area contributed by atoms with Gasteiger partial charge >= 0.3 is 0 Å². The number of nitrogens with one attached hydrogen (secondary N) is 1. The van der Waals surface area contributed by atoms with Crippen LogP contribution in [0.4, 0.5) is 14.5 Å². The van der Waals surface area contributed by atoms with E-state index in [1.54, 1.807) is 0 Å². The first-order valence-electron chi connectivity index (χ1n) is 6.51. The molecule has 1 nitrogen and oxygen atoms in total. The summed E-state index contributed by atoms with van der Waals surface area (Å²) in [5, 5.41) is 3.06. The first kappa shape index (κ1) is 15.0. The monoisotopic (exact) mass is 339 g/mol. The van der Waals surface area contributed by atoms with Gasteiger partial charge in [-0.05, 0) is 46.5 Å². The Morgan fingerprint density at radius 2 is 1.75 bits per heavy atom. The summed E-state index contributed by atoms with van der Waals surface area (Å²) in [6.45, 7) is 4.04. The van der Waals surface area contributed by atoms with Crippen LogP contribution in [0.5, 0.6) is 0 Å². The van der Waals surface area contributed by atoms with E-state index in [0.717, 1.165) is 18.1 Å². The number of anilines is 1. The van der Waals surface area contributed by atoms with E-state index in [9.17, 15) is 8.78 Å². The largest absolute Gasteiger partial charge is 0.376 e. The molecule has 2 aromatic carbocycles. The van der Waals surface area contributed by atoms with Crippen LogP contribution >= 0.6 is 15.9 Å². The van der Waals surface area contributed by atoms with Crippen LogP contribution in [0, 0.1) is 11.6 Å². The minimum absolute atomic E-state index is 0.0623. The van der Waals surface area contributed by atoms with Crippen LogP contribution in [-0.4, -0.2) is 0 Å². The van der Waals surface area contributed by atoms with Gasteiger partial charge in [0.2, 0.25) is 0 Å². The molecule has 0 aliphatic heterocycles. The molecule has 0 saturated carbocycles. The second-order valence-corrected chi connectivity index (χ2v) is 5.56. The predicted octanol–water partition coefficient (Wildman–Crippen LogP) is 5.46. The van der Waals surface area contributed by atoms with Crippen molar-refractivity contribution in [3.63, 3.8) is 0 Å². The van der Waals surface area contributed by atoms with Gasteiger partial charge in [0, 0.05) is 12.1 Å². The van der Waals surface area contributed by atoms with Crippen molar-refractivity contribution < 1.29 is 8.78 Å². The lowest BCUT2D eigenvalue weighted by Crippen LogP contribution is -2.08. The molecule has 2 aromatic rings. The van der Waals surface area contributed by atoms with Gasteiger partial charge in [-0.15, -0.1) is 0 Å². The molecule has 0 saturated heterocycles. The van der Waals surface area contributed by atoms with Gasteiger partial charge in [0.25, 0.3) is 0 Å². The lowest BCUT2D eigenvalue weighted by atomic mass is 10.0. The molecule has 0 radical (unpaired) electrons. The van der Waals surface area contributed by atoms with Crippen LogP contribution in [0.2, 0.25) is 0 Å². The summed E-state index contributed by atoms with van der Waals surface area (Å²) >= 11 is 3.06. The van der Waals surface area contributed by atoms with Crippen molar-refractivity contribution in [1.29, 1.82) is 0 Å². The maximum Gasteiger partial charge on any atom is 0.149 e. The van der Waals surface area contributed by atoms with Crippen LogP contribution < -0.4 is 5.32 Å². The normalized spacial score (nSPS) is 12.2. The van der Waals surface area contributed by atoms with E-state index in [1.807, 2.05) is 19.1 Å². The molecule has 1 N–H and O–H groups in total. The van der Waals surface area contributed by atoms with E-state index in [0.29, 0.717) is 0 Å². The van der Waals surface area contributed by atoms with Crippen LogP contribution in [0.3, 0.4) is 0 Å². The average molecular weight is 340 g/mol. The first-order valence-corrected chi connectivity index (χ1v) is 7.30. The third-order valence-corrected chi connectivity index (χ3v) is 3.88. The number of rotatable bonds is 4. The molecule has 0 aliphatic rings. The van der Waals surface area contributed by atoms with Crippen LogP contribution in [-0.2, 0) is 6.42 Å². The Balaban J connectivity index is 2.18. The number of hydrogen-bond acceptors (Lipinski definition) is 1. The van der Waals surface area contributed by atoms with Gasteiger partial charge in [-0.1, -0.05) is 31.2 Å². The second-order valence-electron chi connectivity index (χ2n) is 4.71. The Morgan fingerprint density at radius 1 is 1.10 bits per heavy atom. The van der Waals surface area contributed by atoms with E-state index >= 15 is 0 Å². The van der Waals surface area contributed by atoms with Crippen LogP contribution in [0.1, 0.15) is 31.0 Å². The van der Waals surface area contributed by atoms with Crippen molar-refractivity contribution in [2.24, 2.45) is 0 Å². The highest BCUT2D eigenvalue weighted by atomic mass is 79.9. The standard InChI is InChI=1S/C16H16BrF2N/c1-3-11-4-6-12(7-5-11)10(2)20-16-8-13(17)14(18)9-15(16)19/h4-10,20H,3H2,1-2H3. The number of aryl methyl sites for hydroxylation is 1. The average Bonchev–Trinajstić information content (AvgIpc) is 2.44. The molecular formula is C16H16BrF2N. The summed E-state index contributed by atoms with van der Waals surface area (Å²) in [5.41, 5.74) is 2.60. The molecule has 2 rings (SSSR count). The van der Waals surface area contributed by atoms with Crippen molar-refractivity contribution in [3.8, 4) is 0 Å². The fraction of sp³-hybridized carbons (Fsp3) is 0.250. The number of hydrogen-bond donors (Lipinski definition) is 1. The van der Waals surface area contributed by atoms with E-state index in [4.69, 9.17) is 0 Å². The Bertz CT molecular complexity index is 596. The summed E-state index contributed by atoms with van der Waals surface area (Å²) in [4.78, 5) is 0. The SMILES string of the molecule is CCc1ccc(C(C)Nc2cc(Br)c(F)cc2F)cc1. The Morgan fingerprint density at radius 3 is 2.35 bits per heavy atom. The molecular weight excluding hydrogens is 324 g/mol. The highest BCUT2D eigenvalue weighted by Gasteiger charge is 2.11. The van der Waals surface area contributed by atoms with Gasteiger partial charge < -0.3 is 5.32 Å². The lowest BCUT2D eigenvalue weighted by Gasteiger charge is -2.17. The quantitative estimate of drug-likeness (QED) is 0.729. The molecule has 4 heteroatoms. The maximum atomic E-state index is 13.7. The molecule has 1 atom stereocenters. The van der Waals surface area contributed by atoms with E-state index in [-0.39, 0.29) is 16.2 Å². The summed E-state index contributed by atoms with van der Waals surface area (Å²) in [7, 11) is 0. The zero-order valence-electron chi connectivity index (χ0n) is 11.4. The number of halogens is 3. The second kappa shape index (κ2) is 6.35. The number of benzene rings is 2. The fourth-order valence-electron chi connectivity index (χ4n) is 1.99. The smallest absolute Gasteiger partial charge is 0.149 e. The Hall–Kier alpha value is -1.42.